The van der Waals surface area contributed by atoms with E-state index in [9.17, 15) is 13.2 Å². The topological polar surface area (TPSA) is 68.1 Å². The van der Waals surface area contributed by atoms with Gasteiger partial charge in [0.1, 0.15) is 6.54 Å². The van der Waals surface area contributed by atoms with Crippen LogP contribution in [0.15, 0.2) is 47.4 Å². The molecule has 1 saturated heterocycles. The maximum atomic E-state index is 13.0. The second-order valence-electron chi connectivity index (χ2n) is 7.29. The second kappa shape index (κ2) is 8.43. The summed E-state index contributed by atoms with van der Waals surface area (Å²) in [5.41, 5.74) is 3.30. The average molecular weight is 404 g/mol. The first-order chi connectivity index (χ1) is 13.3. The summed E-state index contributed by atoms with van der Waals surface area (Å²) in [4.78, 5) is 13.4. The number of carbonyl (C=O) groups excluding carboxylic acids is 1. The highest BCUT2D eigenvalue weighted by molar-refractivity contribution is 7.89. The fourth-order valence-corrected chi connectivity index (χ4v) is 5.31. The average Bonchev–Trinajstić information content (AvgIpc) is 2.69. The van der Waals surface area contributed by atoms with Crippen molar-refractivity contribution in [1.29, 1.82) is 0 Å². The lowest BCUT2D eigenvalue weighted by Crippen LogP contribution is -3.13. The van der Waals surface area contributed by atoms with E-state index < -0.39 is 10.0 Å². The molecule has 28 heavy (non-hydrogen) atoms. The van der Waals surface area contributed by atoms with Crippen molar-refractivity contribution < 1.29 is 22.8 Å². The number of carbonyl (C=O) groups is 1. The zero-order chi connectivity index (χ0) is 20.3. The molecule has 2 aromatic carbocycles. The Bertz CT molecular complexity index is 964. The van der Waals surface area contributed by atoms with Crippen molar-refractivity contribution in [3.63, 3.8) is 0 Å². The van der Waals surface area contributed by atoms with Crippen LogP contribution in [0.3, 0.4) is 0 Å². The van der Waals surface area contributed by atoms with Crippen LogP contribution in [0.2, 0.25) is 0 Å². The highest BCUT2D eigenvalue weighted by atomic mass is 32.2. The van der Waals surface area contributed by atoms with Gasteiger partial charge in [-0.1, -0.05) is 24.3 Å². The molecular formula is C21H27N2O4S+. The number of nitrogens with zero attached hydrogens (tertiary/aromatic N) is 1. The predicted molar refractivity (Wildman–Crippen MR) is 107 cm³/mol. The van der Waals surface area contributed by atoms with Crippen LogP contribution in [-0.4, -0.2) is 52.0 Å². The summed E-state index contributed by atoms with van der Waals surface area (Å²) in [6.07, 6.45) is 0. The van der Waals surface area contributed by atoms with Gasteiger partial charge in [-0.2, -0.15) is 4.31 Å². The number of rotatable bonds is 5. The summed E-state index contributed by atoms with van der Waals surface area (Å²) in [7, 11) is -2.10. The van der Waals surface area contributed by atoms with Crippen molar-refractivity contribution in [2.75, 3.05) is 33.3 Å². The van der Waals surface area contributed by atoms with Crippen LogP contribution in [-0.2, 0) is 21.3 Å². The lowest BCUT2D eigenvalue weighted by Gasteiger charge is -2.32. The number of nitrogens with one attached hydrogen (secondary N) is 1. The lowest BCUT2D eigenvalue weighted by atomic mass is 10.1. The SMILES string of the molecule is COC(=O)c1cccc(C[NH+]2CCN(S(=O)(=O)c3cc(C)ccc3C)CC2)c1. The summed E-state index contributed by atoms with van der Waals surface area (Å²) >= 11 is 0. The molecule has 1 N–H and O–H groups in total. The van der Waals surface area contributed by atoms with E-state index in [4.69, 9.17) is 4.74 Å². The first-order valence-corrected chi connectivity index (χ1v) is 10.8. The molecule has 2 aromatic rings. The Morgan fingerprint density at radius 3 is 2.50 bits per heavy atom. The molecule has 0 bridgehead atoms. The van der Waals surface area contributed by atoms with E-state index in [1.54, 1.807) is 16.4 Å². The van der Waals surface area contributed by atoms with Gasteiger partial charge < -0.3 is 9.64 Å². The summed E-state index contributed by atoms with van der Waals surface area (Å²) in [6.45, 7) is 6.93. The maximum absolute atomic E-state index is 13.0. The van der Waals surface area contributed by atoms with Crippen LogP contribution in [0.25, 0.3) is 0 Å². The van der Waals surface area contributed by atoms with Gasteiger partial charge in [0.25, 0.3) is 0 Å². The molecule has 0 radical (unpaired) electrons. The zero-order valence-corrected chi connectivity index (χ0v) is 17.4. The maximum Gasteiger partial charge on any atom is 0.337 e. The number of ether oxygens (including phenoxy) is 1. The Balaban J connectivity index is 1.66. The van der Waals surface area contributed by atoms with Crippen LogP contribution in [0, 0.1) is 13.8 Å². The smallest absolute Gasteiger partial charge is 0.337 e. The van der Waals surface area contributed by atoms with Gasteiger partial charge in [0.2, 0.25) is 10.0 Å². The number of esters is 1. The highest BCUT2D eigenvalue weighted by Crippen LogP contribution is 2.21. The Hall–Kier alpha value is -2.22. The number of methoxy groups -OCH3 is 1. The van der Waals surface area contributed by atoms with Crippen molar-refractivity contribution in [2.24, 2.45) is 0 Å². The fourth-order valence-electron chi connectivity index (χ4n) is 3.56. The summed E-state index contributed by atoms with van der Waals surface area (Å²) in [5.74, 6) is -0.346. The number of piperazine rings is 1. The third kappa shape index (κ3) is 4.43. The summed E-state index contributed by atoms with van der Waals surface area (Å²) in [6, 6.07) is 13.0. The van der Waals surface area contributed by atoms with Gasteiger partial charge in [-0.25, -0.2) is 13.2 Å². The first-order valence-electron chi connectivity index (χ1n) is 9.39. The van der Waals surface area contributed by atoms with Crippen LogP contribution >= 0.6 is 0 Å². The molecule has 1 aliphatic heterocycles. The molecule has 0 amide bonds. The van der Waals surface area contributed by atoms with Crippen LogP contribution in [0.4, 0.5) is 0 Å². The van der Waals surface area contributed by atoms with E-state index in [1.807, 2.05) is 44.2 Å². The summed E-state index contributed by atoms with van der Waals surface area (Å²) < 4.78 is 32.4. The van der Waals surface area contributed by atoms with E-state index >= 15 is 0 Å². The largest absolute Gasteiger partial charge is 0.465 e. The van der Waals surface area contributed by atoms with Crippen molar-refractivity contribution in [1.82, 2.24) is 4.31 Å². The minimum absolute atomic E-state index is 0.346. The Labute approximate surface area is 166 Å². The van der Waals surface area contributed by atoms with Crippen LogP contribution in [0.1, 0.15) is 27.0 Å². The minimum Gasteiger partial charge on any atom is -0.465 e. The Morgan fingerprint density at radius 2 is 1.82 bits per heavy atom. The van der Waals surface area contributed by atoms with E-state index in [1.165, 1.54) is 12.0 Å². The Kier molecular flexibility index (Phi) is 6.17. The number of hydrogen-bond acceptors (Lipinski definition) is 4. The molecule has 7 heteroatoms. The normalized spacial score (nSPS) is 16.1. The van der Waals surface area contributed by atoms with Crippen molar-refractivity contribution in [3.05, 3.63) is 64.7 Å². The van der Waals surface area contributed by atoms with E-state index in [0.717, 1.165) is 36.3 Å². The second-order valence-corrected chi connectivity index (χ2v) is 9.20. The van der Waals surface area contributed by atoms with Crippen molar-refractivity contribution >= 4 is 16.0 Å². The number of benzene rings is 2. The quantitative estimate of drug-likeness (QED) is 0.762. The molecule has 0 aromatic heterocycles. The molecule has 1 fully saturated rings. The van der Waals surface area contributed by atoms with Crippen LogP contribution < -0.4 is 4.90 Å². The van der Waals surface area contributed by atoms with Crippen molar-refractivity contribution in [3.8, 4) is 0 Å². The molecule has 0 atom stereocenters. The third-order valence-corrected chi connectivity index (χ3v) is 7.23. The Morgan fingerprint density at radius 1 is 1.11 bits per heavy atom. The molecular weight excluding hydrogens is 376 g/mol. The highest BCUT2D eigenvalue weighted by Gasteiger charge is 2.31. The molecule has 0 aliphatic carbocycles. The van der Waals surface area contributed by atoms with Gasteiger partial charge in [-0.15, -0.1) is 0 Å². The molecule has 1 heterocycles. The monoisotopic (exact) mass is 403 g/mol. The van der Waals surface area contributed by atoms with Gasteiger partial charge in [-0.3, -0.25) is 0 Å². The minimum atomic E-state index is -3.47. The van der Waals surface area contributed by atoms with Crippen LogP contribution in [0.5, 0.6) is 0 Å². The van der Waals surface area contributed by atoms with Gasteiger partial charge in [0.05, 0.1) is 43.7 Å². The molecule has 1 aliphatic rings. The fraction of sp³-hybridized carbons (Fsp3) is 0.381. The van der Waals surface area contributed by atoms with E-state index in [-0.39, 0.29) is 5.97 Å². The van der Waals surface area contributed by atoms with Gasteiger partial charge in [0, 0.05) is 5.56 Å². The molecule has 6 nitrogen and oxygen atoms in total. The van der Waals surface area contributed by atoms with Gasteiger partial charge in [0.15, 0.2) is 0 Å². The third-order valence-electron chi connectivity index (χ3n) is 5.19. The molecule has 0 saturated carbocycles. The van der Waals surface area contributed by atoms with Gasteiger partial charge >= 0.3 is 5.97 Å². The molecule has 3 rings (SSSR count). The summed E-state index contributed by atoms with van der Waals surface area (Å²) in [5, 5.41) is 0. The molecule has 0 unspecified atom stereocenters. The van der Waals surface area contributed by atoms with Crippen molar-refractivity contribution in [2.45, 2.75) is 25.3 Å². The number of quaternary nitrogens is 1. The predicted octanol–water partition coefficient (Wildman–Crippen LogP) is 1.18. The van der Waals surface area contributed by atoms with Gasteiger partial charge in [-0.05, 0) is 43.2 Å². The lowest BCUT2D eigenvalue weighted by molar-refractivity contribution is -0.917. The molecule has 150 valence electrons. The number of sulfonamides is 1. The van der Waals surface area contributed by atoms with E-state index in [2.05, 4.69) is 0 Å². The van der Waals surface area contributed by atoms with E-state index in [0.29, 0.717) is 23.5 Å². The first kappa shape index (κ1) is 20.5. The number of aryl methyl sites for hydroxylation is 2. The zero-order valence-electron chi connectivity index (χ0n) is 16.6. The number of hydrogen-bond donors (Lipinski definition) is 1. The standard InChI is InChI=1S/C21H26N2O4S/c1-16-7-8-17(2)20(13-16)28(25,26)23-11-9-22(10-12-23)15-18-5-4-6-19(14-18)21(24)27-3/h4-8,13-14H,9-12,15H2,1-3H3/p+1. The molecule has 0 spiro atoms.